The molecule has 2 atom stereocenters. The van der Waals surface area contributed by atoms with Gasteiger partial charge in [0.2, 0.25) is 0 Å². The fourth-order valence-corrected chi connectivity index (χ4v) is 2.63. The minimum Gasteiger partial charge on any atom is -0.382 e. The van der Waals surface area contributed by atoms with E-state index in [1.54, 1.807) is 7.11 Å². The Morgan fingerprint density at radius 1 is 1.28 bits per heavy atom. The number of hydrogen-bond donors (Lipinski definition) is 1. The molecule has 2 rings (SSSR count). The molecule has 1 aromatic rings. The molecule has 2 unspecified atom stereocenters. The maximum absolute atomic E-state index is 6.36. The van der Waals surface area contributed by atoms with E-state index in [0.717, 1.165) is 18.8 Å². The third kappa shape index (κ3) is 3.12. The Morgan fingerprint density at radius 2 is 2.00 bits per heavy atom. The fraction of sp³-hybridized carbons (Fsp3) is 0.625. The van der Waals surface area contributed by atoms with Gasteiger partial charge >= 0.3 is 0 Å². The van der Waals surface area contributed by atoms with Crippen LogP contribution in [0.3, 0.4) is 0 Å². The molecule has 1 saturated carbocycles. The highest BCUT2D eigenvalue weighted by Gasteiger charge is 2.23. The van der Waals surface area contributed by atoms with Gasteiger partial charge in [-0.25, -0.2) is 0 Å². The molecule has 1 aliphatic carbocycles. The van der Waals surface area contributed by atoms with Crippen LogP contribution in [0.25, 0.3) is 0 Å². The summed E-state index contributed by atoms with van der Waals surface area (Å²) in [5.41, 5.74) is 9.20. The summed E-state index contributed by atoms with van der Waals surface area (Å²) in [6, 6.07) is 8.87. The summed E-state index contributed by atoms with van der Waals surface area (Å²) in [6.07, 6.45) is 6.35. The van der Waals surface area contributed by atoms with Gasteiger partial charge in [0.25, 0.3) is 0 Å². The average molecular weight is 247 g/mol. The Hall–Kier alpha value is -0.860. The van der Waals surface area contributed by atoms with Crippen LogP contribution >= 0.6 is 0 Å². The molecule has 2 heteroatoms. The van der Waals surface area contributed by atoms with Crippen molar-refractivity contribution in [2.24, 2.45) is 5.73 Å². The van der Waals surface area contributed by atoms with Crippen LogP contribution in [0.5, 0.6) is 0 Å². The van der Waals surface area contributed by atoms with Crippen LogP contribution in [0, 0.1) is 0 Å². The molecule has 2 N–H and O–H groups in total. The molecule has 0 saturated heterocycles. The molecule has 1 fully saturated rings. The molecule has 1 aromatic carbocycles. The smallest absolute Gasteiger partial charge is 0.0543 e. The summed E-state index contributed by atoms with van der Waals surface area (Å²) in [7, 11) is 1.76. The van der Waals surface area contributed by atoms with Crippen LogP contribution < -0.4 is 5.73 Å². The summed E-state index contributed by atoms with van der Waals surface area (Å²) in [4.78, 5) is 0. The van der Waals surface area contributed by atoms with Gasteiger partial charge in [-0.05, 0) is 49.7 Å². The lowest BCUT2D eigenvalue weighted by atomic mass is 9.77. The van der Waals surface area contributed by atoms with Crippen molar-refractivity contribution in [3.05, 3.63) is 35.4 Å². The standard InChI is InChI=1S/C16H25NO/c1-12(18-2)10-11-16(17)15-9-4-3-8-14(15)13-6-5-7-13/h3-4,8-9,12-13,16H,5-7,10-11,17H2,1-2H3. The minimum atomic E-state index is 0.152. The maximum atomic E-state index is 6.36. The lowest BCUT2D eigenvalue weighted by Crippen LogP contribution is -2.19. The molecule has 2 nitrogen and oxygen atoms in total. The third-order valence-electron chi connectivity index (χ3n) is 4.23. The van der Waals surface area contributed by atoms with Crippen LogP contribution in [0.4, 0.5) is 0 Å². The van der Waals surface area contributed by atoms with Gasteiger partial charge in [-0.2, -0.15) is 0 Å². The molecule has 0 aromatic heterocycles. The third-order valence-corrected chi connectivity index (χ3v) is 4.23. The number of hydrogen-bond acceptors (Lipinski definition) is 2. The van der Waals surface area contributed by atoms with Crippen LogP contribution in [-0.4, -0.2) is 13.2 Å². The Morgan fingerprint density at radius 3 is 2.61 bits per heavy atom. The molecule has 0 spiro atoms. The predicted molar refractivity (Wildman–Crippen MR) is 75.7 cm³/mol. The monoisotopic (exact) mass is 247 g/mol. The van der Waals surface area contributed by atoms with Gasteiger partial charge in [0.15, 0.2) is 0 Å². The number of nitrogens with two attached hydrogens (primary N) is 1. The molecule has 0 bridgehead atoms. The fourth-order valence-electron chi connectivity index (χ4n) is 2.63. The van der Waals surface area contributed by atoms with Crippen molar-refractivity contribution in [2.75, 3.05) is 7.11 Å². The minimum absolute atomic E-state index is 0.152. The van der Waals surface area contributed by atoms with Crippen molar-refractivity contribution >= 4 is 0 Å². The van der Waals surface area contributed by atoms with Gasteiger partial charge < -0.3 is 10.5 Å². The van der Waals surface area contributed by atoms with E-state index in [-0.39, 0.29) is 6.04 Å². The van der Waals surface area contributed by atoms with Crippen molar-refractivity contribution in [3.63, 3.8) is 0 Å². The first-order valence-corrected chi connectivity index (χ1v) is 7.09. The Labute approximate surface area is 111 Å². The molecule has 100 valence electrons. The second-order valence-electron chi connectivity index (χ2n) is 5.49. The lowest BCUT2D eigenvalue weighted by Gasteiger charge is -2.29. The number of methoxy groups -OCH3 is 1. The highest BCUT2D eigenvalue weighted by molar-refractivity contribution is 5.34. The Kier molecular flexibility index (Phi) is 4.79. The molecule has 0 heterocycles. The van der Waals surface area contributed by atoms with E-state index in [1.165, 1.54) is 30.4 Å². The van der Waals surface area contributed by atoms with E-state index < -0.39 is 0 Å². The molecule has 1 aliphatic rings. The predicted octanol–water partition coefficient (Wildman–Crippen LogP) is 3.77. The molecule has 0 radical (unpaired) electrons. The number of ether oxygens (including phenoxy) is 1. The van der Waals surface area contributed by atoms with Crippen molar-refractivity contribution < 1.29 is 4.74 Å². The molecule has 0 aliphatic heterocycles. The first-order chi connectivity index (χ1) is 8.72. The van der Waals surface area contributed by atoms with E-state index in [2.05, 4.69) is 31.2 Å². The molecule has 18 heavy (non-hydrogen) atoms. The molecular formula is C16H25NO. The van der Waals surface area contributed by atoms with Gasteiger partial charge in [-0.3, -0.25) is 0 Å². The van der Waals surface area contributed by atoms with Crippen LogP contribution in [-0.2, 0) is 4.74 Å². The zero-order valence-corrected chi connectivity index (χ0v) is 11.6. The Balaban J connectivity index is 2.02. The topological polar surface area (TPSA) is 35.2 Å². The van der Waals surface area contributed by atoms with Gasteiger partial charge in [-0.15, -0.1) is 0 Å². The van der Waals surface area contributed by atoms with Gasteiger partial charge in [-0.1, -0.05) is 30.7 Å². The highest BCUT2D eigenvalue weighted by Crippen LogP contribution is 2.39. The largest absolute Gasteiger partial charge is 0.382 e. The van der Waals surface area contributed by atoms with Crippen LogP contribution in [0.1, 0.15) is 62.1 Å². The summed E-state index contributed by atoms with van der Waals surface area (Å²) in [6.45, 7) is 2.10. The zero-order valence-electron chi connectivity index (χ0n) is 11.6. The van der Waals surface area contributed by atoms with Crippen LogP contribution in [0.2, 0.25) is 0 Å². The average Bonchev–Trinajstić information content (AvgIpc) is 2.34. The summed E-state index contributed by atoms with van der Waals surface area (Å²) in [5.74, 6) is 0.757. The van der Waals surface area contributed by atoms with Crippen molar-refractivity contribution in [3.8, 4) is 0 Å². The maximum Gasteiger partial charge on any atom is 0.0543 e. The first kappa shape index (κ1) is 13.6. The SMILES string of the molecule is COC(C)CCC(N)c1ccccc1C1CCC1. The van der Waals surface area contributed by atoms with Crippen molar-refractivity contribution in [2.45, 2.75) is 57.1 Å². The highest BCUT2D eigenvalue weighted by atomic mass is 16.5. The number of rotatable bonds is 6. The van der Waals surface area contributed by atoms with Gasteiger partial charge in [0.05, 0.1) is 6.10 Å². The summed E-state index contributed by atoms with van der Waals surface area (Å²) < 4.78 is 5.29. The van der Waals surface area contributed by atoms with Crippen molar-refractivity contribution in [1.29, 1.82) is 0 Å². The van der Waals surface area contributed by atoms with Gasteiger partial charge in [0, 0.05) is 13.2 Å². The summed E-state index contributed by atoms with van der Waals surface area (Å²) in [5, 5.41) is 0. The second-order valence-corrected chi connectivity index (χ2v) is 5.49. The van der Waals surface area contributed by atoms with E-state index in [1.807, 2.05) is 0 Å². The van der Waals surface area contributed by atoms with Gasteiger partial charge in [0.1, 0.15) is 0 Å². The molecular weight excluding hydrogens is 222 g/mol. The van der Waals surface area contributed by atoms with E-state index in [0.29, 0.717) is 6.10 Å². The normalized spacial score (nSPS) is 19.3. The molecule has 0 amide bonds. The number of benzene rings is 1. The zero-order chi connectivity index (χ0) is 13.0. The second kappa shape index (κ2) is 6.35. The summed E-state index contributed by atoms with van der Waals surface area (Å²) >= 11 is 0. The quantitative estimate of drug-likeness (QED) is 0.830. The Bertz CT molecular complexity index is 373. The van der Waals surface area contributed by atoms with E-state index in [9.17, 15) is 0 Å². The van der Waals surface area contributed by atoms with E-state index >= 15 is 0 Å². The first-order valence-electron chi connectivity index (χ1n) is 7.09. The van der Waals surface area contributed by atoms with Crippen molar-refractivity contribution in [1.82, 2.24) is 0 Å². The lowest BCUT2D eigenvalue weighted by molar-refractivity contribution is 0.107. The van der Waals surface area contributed by atoms with E-state index in [4.69, 9.17) is 10.5 Å². The van der Waals surface area contributed by atoms with Crippen LogP contribution in [0.15, 0.2) is 24.3 Å².